The van der Waals surface area contributed by atoms with Crippen molar-refractivity contribution in [3.63, 3.8) is 0 Å². The van der Waals surface area contributed by atoms with Crippen molar-refractivity contribution in [2.75, 3.05) is 0 Å². The maximum Gasteiger partial charge on any atom is 0.132 e. The fourth-order valence-electron chi connectivity index (χ4n) is 2.87. The highest BCUT2D eigenvalue weighted by Gasteiger charge is 2.19. The number of benzene rings is 1. The first kappa shape index (κ1) is 13.5. The molecule has 0 aliphatic heterocycles. The minimum absolute atomic E-state index is 0.138. The summed E-state index contributed by atoms with van der Waals surface area (Å²) >= 11 is 0. The predicted molar refractivity (Wildman–Crippen MR) is 76.8 cm³/mol. The molecule has 1 heterocycles. The molecule has 0 amide bonds. The van der Waals surface area contributed by atoms with Crippen LogP contribution in [0.4, 0.5) is 4.39 Å². The fourth-order valence-corrected chi connectivity index (χ4v) is 2.87. The molecular weight excluding hydrogens is 255 g/mol. The van der Waals surface area contributed by atoms with Crippen LogP contribution >= 0.6 is 0 Å². The molecule has 1 aromatic heterocycles. The second-order valence-electron chi connectivity index (χ2n) is 5.49. The molecule has 2 aromatic rings. The lowest BCUT2D eigenvalue weighted by molar-refractivity contribution is 0.116. The largest absolute Gasteiger partial charge is 0.393 e. The third-order valence-electron chi connectivity index (χ3n) is 4.08. The molecular formula is C16H19FN2O. The molecule has 0 spiro atoms. The number of aromatic nitrogens is 1. The molecule has 106 valence electrons. The van der Waals surface area contributed by atoms with Gasteiger partial charge in [-0.25, -0.2) is 4.39 Å². The molecule has 1 fully saturated rings. The Labute approximate surface area is 117 Å². The molecule has 1 aliphatic carbocycles. The summed E-state index contributed by atoms with van der Waals surface area (Å²) in [5.74, 6) is -0.224. The van der Waals surface area contributed by atoms with Crippen molar-refractivity contribution in [1.82, 2.24) is 10.3 Å². The van der Waals surface area contributed by atoms with E-state index in [-0.39, 0.29) is 11.9 Å². The van der Waals surface area contributed by atoms with Crippen LogP contribution in [0.1, 0.15) is 31.2 Å². The summed E-state index contributed by atoms with van der Waals surface area (Å²) in [6.07, 6.45) is 5.27. The Hall–Kier alpha value is -1.52. The molecule has 3 rings (SSSR count). The number of nitrogens with zero attached hydrogens (tertiary/aromatic N) is 1. The quantitative estimate of drug-likeness (QED) is 0.904. The van der Waals surface area contributed by atoms with E-state index in [0.717, 1.165) is 36.8 Å². The smallest absolute Gasteiger partial charge is 0.132 e. The zero-order valence-corrected chi connectivity index (χ0v) is 11.3. The SMILES string of the molecule is OC1CCC(NCc2ccc(F)c3cccnc23)CC1. The maximum absolute atomic E-state index is 13.7. The maximum atomic E-state index is 13.7. The minimum Gasteiger partial charge on any atom is -0.393 e. The van der Waals surface area contributed by atoms with Gasteiger partial charge in [0, 0.05) is 24.2 Å². The fraction of sp³-hybridized carbons (Fsp3) is 0.438. The van der Waals surface area contributed by atoms with Crippen LogP contribution in [0, 0.1) is 5.82 Å². The second-order valence-corrected chi connectivity index (χ2v) is 5.49. The summed E-state index contributed by atoms with van der Waals surface area (Å²) in [6, 6.07) is 7.26. The Morgan fingerprint density at radius 2 is 2.00 bits per heavy atom. The average Bonchev–Trinajstić information content (AvgIpc) is 2.49. The number of rotatable bonds is 3. The van der Waals surface area contributed by atoms with Crippen molar-refractivity contribution in [2.45, 2.75) is 44.4 Å². The van der Waals surface area contributed by atoms with E-state index in [2.05, 4.69) is 10.3 Å². The van der Waals surface area contributed by atoms with Gasteiger partial charge < -0.3 is 10.4 Å². The number of hydrogen-bond acceptors (Lipinski definition) is 3. The molecule has 0 unspecified atom stereocenters. The van der Waals surface area contributed by atoms with Gasteiger partial charge in [-0.2, -0.15) is 0 Å². The normalized spacial score (nSPS) is 23.1. The standard InChI is InChI=1S/C16H19FN2O/c17-15-8-3-11(16-14(15)2-1-9-18-16)10-19-12-4-6-13(20)7-5-12/h1-3,8-9,12-13,19-20H,4-7,10H2. The van der Waals surface area contributed by atoms with Crippen LogP contribution in [0.2, 0.25) is 0 Å². The van der Waals surface area contributed by atoms with Crippen molar-refractivity contribution in [3.8, 4) is 0 Å². The van der Waals surface area contributed by atoms with Gasteiger partial charge in [0.25, 0.3) is 0 Å². The molecule has 3 nitrogen and oxygen atoms in total. The van der Waals surface area contributed by atoms with E-state index in [1.165, 1.54) is 6.07 Å². The average molecular weight is 274 g/mol. The van der Waals surface area contributed by atoms with E-state index in [4.69, 9.17) is 0 Å². The summed E-state index contributed by atoms with van der Waals surface area (Å²) in [7, 11) is 0. The van der Waals surface area contributed by atoms with Gasteiger partial charge in [-0.1, -0.05) is 6.07 Å². The zero-order valence-electron chi connectivity index (χ0n) is 11.3. The summed E-state index contributed by atoms with van der Waals surface area (Å²) in [6.45, 7) is 0.689. The van der Waals surface area contributed by atoms with Crippen LogP contribution in [0.5, 0.6) is 0 Å². The Morgan fingerprint density at radius 3 is 2.80 bits per heavy atom. The minimum atomic E-state index is -0.224. The first-order valence-electron chi connectivity index (χ1n) is 7.17. The topological polar surface area (TPSA) is 45.1 Å². The molecule has 0 atom stereocenters. The van der Waals surface area contributed by atoms with Gasteiger partial charge in [0.1, 0.15) is 5.82 Å². The molecule has 0 saturated heterocycles. The highest BCUT2D eigenvalue weighted by molar-refractivity contribution is 5.82. The molecule has 2 N–H and O–H groups in total. The van der Waals surface area contributed by atoms with Crippen molar-refractivity contribution in [1.29, 1.82) is 0 Å². The Balaban J connectivity index is 1.73. The lowest BCUT2D eigenvalue weighted by Gasteiger charge is -2.26. The van der Waals surface area contributed by atoms with Gasteiger partial charge in [-0.15, -0.1) is 0 Å². The van der Waals surface area contributed by atoms with Crippen LogP contribution in [0.15, 0.2) is 30.5 Å². The number of fused-ring (bicyclic) bond motifs is 1. The Kier molecular flexibility index (Phi) is 3.94. The summed E-state index contributed by atoms with van der Waals surface area (Å²) < 4.78 is 13.7. The van der Waals surface area contributed by atoms with E-state index in [1.807, 2.05) is 0 Å². The highest BCUT2D eigenvalue weighted by atomic mass is 19.1. The number of halogens is 1. The van der Waals surface area contributed by atoms with E-state index < -0.39 is 0 Å². The van der Waals surface area contributed by atoms with Crippen LogP contribution < -0.4 is 5.32 Å². The van der Waals surface area contributed by atoms with Gasteiger partial charge in [-0.05, 0) is 49.4 Å². The van der Waals surface area contributed by atoms with Crippen LogP contribution in [-0.4, -0.2) is 22.2 Å². The van der Waals surface area contributed by atoms with Crippen molar-refractivity contribution in [3.05, 3.63) is 41.8 Å². The molecule has 4 heteroatoms. The monoisotopic (exact) mass is 274 g/mol. The highest BCUT2D eigenvalue weighted by Crippen LogP contribution is 2.22. The summed E-state index contributed by atoms with van der Waals surface area (Å²) in [5.41, 5.74) is 1.75. The van der Waals surface area contributed by atoms with Gasteiger partial charge in [0.2, 0.25) is 0 Å². The van der Waals surface area contributed by atoms with E-state index >= 15 is 0 Å². The summed E-state index contributed by atoms with van der Waals surface area (Å²) in [4.78, 5) is 4.30. The lowest BCUT2D eigenvalue weighted by atomic mass is 9.93. The zero-order chi connectivity index (χ0) is 13.9. The molecule has 20 heavy (non-hydrogen) atoms. The van der Waals surface area contributed by atoms with Crippen LogP contribution in [0.3, 0.4) is 0 Å². The number of pyridine rings is 1. The number of hydrogen-bond donors (Lipinski definition) is 2. The van der Waals surface area contributed by atoms with Crippen molar-refractivity contribution < 1.29 is 9.50 Å². The molecule has 1 aromatic carbocycles. The Bertz CT molecular complexity index is 594. The van der Waals surface area contributed by atoms with Crippen LogP contribution in [-0.2, 0) is 6.54 Å². The van der Waals surface area contributed by atoms with Gasteiger partial charge in [-0.3, -0.25) is 4.98 Å². The molecule has 0 bridgehead atoms. The molecule has 1 aliphatic rings. The molecule has 1 saturated carbocycles. The first-order chi connectivity index (χ1) is 9.74. The van der Waals surface area contributed by atoms with Crippen LogP contribution in [0.25, 0.3) is 10.9 Å². The second kappa shape index (κ2) is 5.85. The van der Waals surface area contributed by atoms with Gasteiger partial charge in [0.05, 0.1) is 11.6 Å². The van der Waals surface area contributed by atoms with E-state index in [1.54, 1.807) is 24.4 Å². The lowest BCUT2D eigenvalue weighted by Crippen LogP contribution is -2.34. The summed E-state index contributed by atoms with van der Waals surface area (Å²) in [5, 5.41) is 13.6. The number of aliphatic hydroxyl groups excluding tert-OH is 1. The van der Waals surface area contributed by atoms with E-state index in [0.29, 0.717) is 18.0 Å². The van der Waals surface area contributed by atoms with E-state index in [9.17, 15) is 9.50 Å². The third kappa shape index (κ3) is 2.81. The first-order valence-corrected chi connectivity index (χ1v) is 7.17. The number of aliphatic hydroxyl groups is 1. The van der Waals surface area contributed by atoms with Crippen molar-refractivity contribution in [2.24, 2.45) is 0 Å². The van der Waals surface area contributed by atoms with Crippen molar-refractivity contribution >= 4 is 10.9 Å². The van der Waals surface area contributed by atoms with Gasteiger partial charge >= 0.3 is 0 Å². The molecule has 0 radical (unpaired) electrons. The predicted octanol–water partition coefficient (Wildman–Crippen LogP) is 2.77. The number of nitrogens with one attached hydrogen (secondary N) is 1. The third-order valence-corrected chi connectivity index (χ3v) is 4.08. The Morgan fingerprint density at radius 1 is 1.20 bits per heavy atom. The van der Waals surface area contributed by atoms with Gasteiger partial charge in [0.15, 0.2) is 0 Å².